The van der Waals surface area contributed by atoms with Crippen LogP contribution >= 0.6 is 0 Å². The summed E-state index contributed by atoms with van der Waals surface area (Å²) in [6.45, 7) is 7.17. The molecule has 0 bridgehead atoms. The maximum absolute atomic E-state index is 12.0. The molecule has 0 saturated carbocycles. The standard InChI is InChI=1S/C13H20N2O5/c1-7-5-15(6-8(2)20-7)13(19)14-11(16)9(3)10(4)12(17)18/h7-8H,5-6H2,1-4H3,(H,17,18)(H,14,16,19). The Balaban J connectivity index is 2.69. The zero-order valence-electron chi connectivity index (χ0n) is 12.1. The summed E-state index contributed by atoms with van der Waals surface area (Å²) < 4.78 is 5.50. The Morgan fingerprint density at radius 3 is 2.05 bits per heavy atom. The van der Waals surface area contributed by atoms with E-state index < -0.39 is 17.9 Å². The van der Waals surface area contributed by atoms with Crippen molar-refractivity contribution >= 4 is 17.9 Å². The van der Waals surface area contributed by atoms with Crippen LogP contribution in [0.15, 0.2) is 11.1 Å². The lowest BCUT2D eigenvalue weighted by atomic mass is 10.1. The Labute approximate surface area is 117 Å². The fraction of sp³-hybridized carbons (Fsp3) is 0.615. The van der Waals surface area contributed by atoms with Gasteiger partial charge in [-0.05, 0) is 27.7 Å². The van der Waals surface area contributed by atoms with Crippen molar-refractivity contribution in [1.29, 1.82) is 0 Å². The zero-order chi connectivity index (χ0) is 15.4. The predicted octanol–water partition coefficient (Wildman–Crippen LogP) is 0.753. The number of nitrogens with zero attached hydrogens (tertiary/aromatic N) is 1. The summed E-state index contributed by atoms with van der Waals surface area (Å²) in [5.41, 5.74) is -0.0702. The molecule has 20 heavy (non-hydrogen) atoms. The Morgan fingerprint density at radius 1 is 1.10 bits per heavy atom. The topological polar surface area (TPSA) is 95.9 Å². The second kappa shape index (κ2) is 6.51. The van der Waals surface area contributed by atoms with E-state index in [2.05, 4.69) is 5.32 Å². The van der Waals surface area contributed by atoms with Crippen molar-refractivity contribution in [2.45, 2.75) is 39.9 Å². The van der Waals surface area contributed by atoms with Gasteiger partial charge in [0, 0.05) is 24.2 Å². The van der Waals surface area contributed by atoms with Gasteiger partial charge in [-0.1, -0.05) is 0 Å². The number of morpholine rings is 1. The second-order valence-electron chi connectivity index (χ2n) is 4.98. The lowest BCUT2D eigenvalue weighted by Gasteiger charge is -2.35. The fourth-order valence-electron chi connectivity index (χ4n) is 1.94. The molecular formula is C13H20N2O5. The molecule has 7 nitrogen and oxygen atoms in total. The van der Waals surface area contributed by atoms with Gasteiger partial charge >= 0.3 is 12.0 Å². The van der Waals surface area contributed by atoms with Gasteiger partial charge in [0.05, 0.1) is 12.2 Å². The molecule has 7 heteroatoms. The van der Waals surface area contributed by atoms with E-state index in [4.69, 9.17) is 9.84 Å². The van der Waals surface area contributed by atoms with Gasteiger partial charge in [-0.2, -0.15) is 0 Å². The van der Waals surface area contributed by atoms with E-state index in [0.717, 1.165) is 0 Å². The molecule has 0 aromatic carbocycles. The van der Waals surface area contributed by atoms with Crippen molar-refractivity contribution in [3.63, 3.8) is 0 Å². The summed E-state index contributed by atoms with van der Waals surface area (Å²) in [6.07, 6.45) is -0.200. The molecule has 2 atom stereocenters. The minimum absolute atomic E-state index is 0.0141. The third-order valence-corrected chi connectivity index (χ3v) is 3.15. The molecule has 1 heterocycles. The number of amides is 3. The number of carboxylic acid groups (broad SMARTS) is 1. The third kappa shape index (κ3) is 4.06. The lowest BCUT2D eigenvalue weighted by Crippen LogP contribution is -2.52. The van der Waals surface area contributed by atoms with Gasteiger partial charge < -0.3 is 14.7 Å². The molecular weight excluding hydrogens is 264 g/mol. The molecule has 0 spiro atoms. The van der Waals surface area contributed by atoms with Crippen LogP contribution in [0.1, 0.15) is 27.7 Å². The predicted molar refractivity (Wildman–Crippen MR) is 71.1 cm³/mol. The average Bonchev–Trinajstić information content (AvgIpc) is 2.35. The van der Waals surface area contributed by atoms with E-state index in [1.165, 1.54) is 18.7 Å². The van der Waals surface area contributed by atoms with Gasteiger partial charge in [0.2, 0.25) is 0 Å². The number of carbonyl (C=O) groups excluding carboxylic acids is 2. The number of ether oxygens (including phenoxy) is 1. The quantitative estimate of drug-likeness (QED) is 0.730. The molecule has 1 rings (SSSR count). The normalized spacial score (nSPS) is 23.9. The molecule has 1 fully saturated rings. The molecule has 0 aromatic heterocycles. The summed E-state index contributed by atoms with van der Waals surface area (Å²) in [5, 5.41) is 11.0. The van der Waals surface area contributed by atoms with Gasteiger partial charge in [-0.3, -0.25) is 10.1 Å². The van der Waals surface area contributed by atoms with E-state index in [-0.39, 0.29) is 23.4 Å². The molecule has 3 amide bonds. The summed E-state index contributed by atoms with van der Waals surface area (Å²) in [6, 6.07) is -0.533. The van der Waals surface area contributed by atoms with Gasteiger partial charge in [-0.15, -0.1) is 0 Å². The first-order valence-corrected chi connectivity index (χ1v) is 6.38. The second-order valence-corrected chi connectivity index (χ2v) is 4.98. The molecule has 0 aliphatic carbocycles. The number of nitrogens with one attached hydrogen (secondary N) is 1. The maximum Gasteiger partial charge on any atom is 0.331 e. The number of urea groups is 1. The highest BCUT2D eigenvalue weighted by molar-refractivity contribution is 6.07. The SMILES string of the molecule is CC(C(=O)O)=C(C)C(=O)NC(=O)N1CC(C)OC(C)C1. The maximum atomic E-state index is 12.0. The van der Waals surface area contributed by atoms with E-state index >= 15 is 0 Å². The highest BCUT2D eigenvalue weighted by atomic mass is 16.5. The van der Waals surface area contributed by atoms with Crippen molar-refractivity contribution in [1.82, 2.24) is 10.2 Å². The van der Waals surface area contributed by atoms with Crippen LogP contribution in [0.5, 0.6) is 0 Å². The fourth-order valence-corrected chi connectivity index (χ4v) is 1.94. The number of carbonyl (C=O) groups is 3. The Hall–Kier alpha value is -1.89. The first-order chi connectivity index (χ1) is 9.22. The number of imide groups is 1. The molecule has 2 N–H and O–H groups in total. The summed E-state index contributed by atoms with van der Waals surface area (Å²) in [4.78, 5) is 36.0. The Morgan fingerprint density at radius 2 is 1.60 bits per heavy atom. The molecule has 1 saturated heterocycles. The van der Waals surface area contributed by atoms with Crippen LogP contribution in [0.3, 0.4) is 0 Å². The highest BCUT2D eigenvalue weighted by Crippen LogP contribution is 2.11. The van der Waals surface area contributed by atoms with Crippen LogP contribution in [-0.2, 0) is 14.3 Å². The largest absolute Gasteiger partial charge is 0.478 e. The van der Waals surface area contributed by atoms with Gasteiger partial charge in [0.25, 0.3) is 5.91 Å². The number of hydrogen-bond donors (Lipinski definition) is 2. The van der Waals surface area contributed by atoms with Crippen molar-refractivity contribution < 1.29 is 24.2 Å². The van der Waals surface area contributed by atoms with Crippen molar-refractivity contribution in [2.24, 2.45) is 0 Å². The summed E-state index contributed by atoms with van der Waals surface area (Å²) in [7, 11) is 0. The van der Waals surface area contributed by atoms with Crippen molar-refractivity contribution in [3.8, 4) is 0 Å². The summed E-state index contributed by atoms with van der Waals surface area (Å²) in [5.74, 6) is -1.87. The summed E-state index contributed by atoms with van der Waals surface area (Å²) >= 11 is 0. The first kappa shape index (κ1) is 16.2. The minimum Gasteiger partial charge on any atom is -0.478 e. The number of carboxylic acids is 1. The van der Waals surface area contributed by atoms with Crippen LogP contribution in [0, 0.1) is 0 Å². The molecule has 0 aromatic rings. The monoisotopic (exact) mass is 284 g/mol. The van der Waals surface area contributed by atoms with Crippen LogP contribution in [0.4, 0.5) is 4.79 Å². The molecule has 112 valence electrons. The van der Waals surface area contributed by atoms with Crippen molar-refractivity contribution in [2.75, 3.05) is 13.1 Å². The zero-order valence-corrected chi connectivity index (χ0v) is 12.1. The Bertz CT molecular complexity index is 448. The van der Waals surface area contributed by atoms with Crippen LogP contribution < -0.4 is 5.32 Å². The van der Waals surface area contributed by atoms with E-state index in [1.807, 2.05) is 13.8 Å². The van der Waals surface area contributed by atoms with E-state index in [1.54, 1.807) is 0 Å². The average molecular weight is 284 g/mol. The number of aliphatic carboxylic acids is 1. The molecule has 0 radical (unpaired) electrons. The van der Waals surface area contributed by atoms with Crippen LogP contribution in [0.25, 0.3) is 0 Å². The Kier molecular flexibility index (Phi) is 5.26. The molecule has 1 aliphatic rings. The van der Waals surface area contributed by atoms with E-state index in [9.17, 15) is 14.4 Å². The number of rotatable bonds is 2. The van der Waals surface area contributed by atoms with Gasteiger partial charge in [0.15, 0.2) is 0 Å². The van der Waals surface area contributed by atoms with Crippen molar-refractivity contribution in [3.05, 3.63) is 11.1 Å². The van der Waals surface area contributed by atoms with Gasteiger partial charge in [-0.25, -0.2) is 9.59 Å². The molecule has 2 unspecified atom stereocenters. The minimum atomic E-state index is -1.18. The number of hydrogen-bond acceptors (Lipinski definition) is 4. The van der Waals surface area contributed by atoms with E-state index in [0.29, 0.717) is 13.1 Å². The first-order valence-electron chi connectivity index (χ1n) is 6.38. The smallest absolute Gasteiger partial charge is 0.331 e. The van der Waals surface area contributed by atoms with Crippen LogP contribution in [0.2, 0.25) is 0 Å². The lowest BCUT2D eigenvalue weighted by molar-refractivity contribution is -0.133. The van der Waals surface area contributed by atoms with Crippen LogP contribution in [-0.4, -0.2) is 53.2 Å². The van der Waals surface area contributed by atoms with Gasteiger partial charge in [0.1, 0.15) is 0 Å². The molecule has 1 aliphatic heterocycles. The third-order valence-electron chi connectivity index (χ3n) is 3.15. The highest BCUT2D eigenvalue weighted by Gasteiger charge is 2.27.